The predicted octanol–water partition coefficient (Wildman–Crippen LogP) is 13.8. The predicted molar refractivity (Wildman–Crippen MR) is 256 cm³/mol. The van der Waals surface area contributed by atoms with E-state index in [4.69, 9.17) is 13.8 Å². The highest BCUT2D eigenvalue weighted by Crippen LogP contribution is 2.42. The topological polar surface area (TPSA) is 131 Å². The van der Waals surface area contributed by atoms with Gasteiger partial charge in [-0.15, -0.1) is 0 Å². The lowest BCUT2D eigenvalue weighted by atomic mass is 10.0. The van der Waals surface area contributed by atoms with Crippen LogP contribution < -0.4 is 5.32 Å². The number of nitrogens with one attached hydrogen (secondary N) is 1. The Bertz CT molecular complexity index is 1320. The molecule has 3 N–H and O–H groups in total. The van der Waals surface area contributed by atoms with Crippen molar-refractivity contribution in [2.24, 2.45) is 0 Å². The summed E-state index contributed by atoms with van der Waals surface area (Å²) in [6.45, 7) is 3.33. The summed E-state index contributed by atoms with van der Waals surface area (Å²) in [5.41, 5.74) is 0. The van der Waals surface area contributed by atoms with Crippen molar-refractivity contribution >= 4 is 19.7 Å². The van der Waals surface area contributed by atoms with Crippen molar-refractivity contribution in [3.63, 3.8) is 0 Å². The minimum absolute atomic E-state index is 0.0670. The van der Waals surface area contributed by atoms with Gasteiger partial charge in [0.15, 0.2) is 0 Å². The van der Waals surface area contributed by atoms with Crippen molar-refractivity contribution in [1.29, 1.82) is 0 Å². The van der Waals surface area contributed by atoms with Crippen LogP contribution >= 0.6 is 7.82 Å². The molecule has 61 heavy (non-hydrogen) atoms. The Hall–Kier alpha value is -3.07. The molecule has 1 amide bonds. The van der Waals surface area contributed by atoms with Crippen LogP contribution in [0.15, 0.2) is 97.2 Å². The van der Waals surface area contributed by atoms with Crippen LogP contribution in [0.25, 0.3) is 0 Å². The number of rotatable bonds is 43. The van der Waals surface area contributed by atoms with E-state index in [1.54, 1.807) is 0 Å². The maximum Gasteiger partial charge on any atom is 0.472 e. The molecule has 0 saturated carbocycles. The minimum Gasteiger partial charge on any atom is -0.463 e. The van der Waals surface area contributed by atoms with E-state index in [2.05, 4.69) is 110 Å². The Labute approximate surface area is 372 Å². The number of unbranched alkanes of at least 4 members (excludes halogenated alkanes) is 14. The molecule has 0 aliphatic rings. The molecule has 0 rings (SSSR count). The summed E-state index contributed by atoms with van der Waals surface area (Å²) in [6, 6.07) is 0. The number of carbonyl (C=O) groups is 2. The third-order valence-corrected chi connectivity index (χ3v) is 10.5. The summed E-state index contributed by atoms with van der Waals surface area (Å²) >= 11 is 0. The Morgan fingerprint density at radius 2 is 0.951 bits per heavy atom. The number of allylic oxidation sites excluding steroid dienone is 16. The van der Waals surface area contributed by atoms with Gasteiger partial charge in [0.05, 0.1) is 13.2 Å². The number of ether oxygens (including phenoxy) is 1. The number of phosphoric acid groups is 1. The summed E-state index contributed by atoms with van der Waals surface area (Å²) in [5.74, 6) is -0.586. The first kappa shape index (κ1) is 57.9. The van der Waals surface area contributed by atoms with E-state index in [0.29, 0.717) is 12.8 Å². The molecule has 0 aliphatic heterocycles. The van der Waals surface area contributed by atoms with E-state index in [1.165, 1.54) is 77.0 Å². The second kappa shape index (κ2) is 46.4. The standard InChI is InChI=1S/C51H86NO8P/c1-3-5-7-9-11-13-15-17-19-21-22-23-24-25-26-28-29-31-33-35-37-39-41-43-50(54)52-45-46-59-61(56,57)60-48-49(53)47-58-51(55)44-42-40-38-36-34-32-30-27-20-18-16-14-12-10-8-6-4-2/h6,8,11-14,17-20,22-23,30,32,36,38,49,53H,3-5,7,9-10,15-16,21,24-29,31,33-35,37,39-48H2,1-2H3,(H,52,54)(H,56,57)/b8-6-,13-11-,14-12-,19-17-,20-18-,23-22-,32-30-,38-36-. The van der Waals surface area contributed by atoms with Crippen LogP contribution in [0.4, 0.5) is 0 Å². The number of aliphatic hydroxyl groups excluding tert-OH is 1. The quantitative estimate of drug-likeness (QED) is 0.0239. The summed E-state index contributed by atoms with van der Waals surface area (Å²) in [5, 5.41) is 12.7. The third kappa shape index (κ3) is 47.8. The van der Waals surface area contributed by atoms with E-state index in [0.717, 1.165) is 70.6 Å². The second-order valence-corrected chi connectivity index (χ2v) is 16.8. The molecule has 0 aromatic heterocycles. The van der Waals surface area contributed by atoms with Crippen LogP contribution in [0, 0.1) is 0 Å². The number of hydrogen-bond acceptors (Lipinski definition) is 7. The molecule has 0 spiro atoms. The largest absolute Gasteiger partial charge is 0.472 e. The molecule has 0 aromatic carbocycles. The van der Waals surface area contributed by atoms with Crippen LogP contribution in [0.1, 0.15) is 181 Å². The van der Waals surface area contributed by atoms with E-state index in [-0.39, 0.29) is 32.1 Å². The fourth-order valence-electron chi connectivity index (χ4n) is 5.95. The maximum atomic E-state index is 12.1. The Balaban J connectivity index is 3.66. The van der Waals surface area contributed by atoms with E-state index in [9.17, 15) is 24.2 Å². The van der Waals surface area contributed by atoms with Gasteiger partial charge < -0.3 is 20.1 Å². The van der Waals surface area contributed by atoms with E-state index >= 15 is 0 Å². The zero-order chi connectivity index (χ0) is 44.6. The maximum absolute atomic E-state index is 12.1. The average molecular weight is 872 g/mol. The highest BCUT2D eigenvalue weighted by atomic mass is 31.2. The normalized spacial score (nSPS) is 14.1. The molecule has 0 radical (unpaired) electrons. The molecular weight excluding hydrogens is 786 g/mol. The van der Waals surface area contributed by atoms with Crippen molar-refractivity contribution in [2.75, 3.05) is 26.4 Å². The van der Waals surface area contributed by atoms with Gasteiger partial charge in [-0.05, 0) is 89.9 Å². The summed E-state index contributed by atoms with van der Waals surface area (Å²) < 4.78 is 26.9. The number of amides is 1. The number of esters is 1. The van der Waals surface area contributed by atoms with E-state index in [1.807, 2.05) is 6.08 Å². The molecule has 0 fully saturated rings. The second-order valence-electron chi connectivity index (χ2n) is 15.3. The van der Waals surface area contributed by atoms with E-state index < -0.39 is 26.5 Å². The lowest BCUT2D eigenvalue weighted by Crippen LogP contribution is -2.27. The molecule has 2 unspecified atom stereocenters. The number of aliphatic hydroxyl groups is 1. The Morgan fingerprint density at radius 1 is 0.525 bits per heavy atom. The minimum atomic E-state index is -4.44. The van der Waals surface area contributed by atoms with Gasteiger partial charge in [0.25, 0.3) is 0 Å². The lowest BCUT2D eigenvalue weighted by molar-refractivity contribution is -0.147. The third-order valence-electron chi connectivity index (χ3n) is 9.50. The van der Waals surface area contributed by atoms with Gasteiger partial charge in [-0.25, -0.2) is 4.57 Å². The Kier molecular flexibility index (Phi) is 44.1. The number of phosphoric ester groups is 1. The fourth-order valence-corrected chi connectivity index (χ4v) is 6.71. The molecule has 348 valence electrons. The molecule has 0 heterocycles. The lowest BCUT2D eigenvalue weighted by Gasteiger charge is -2.15. The van der Waals surface area contributed by atoms with Crippen molar-refractivity contribution in [1.82, 2.24) is 5.32 Å². The van der Waals surface area contributed by atoms with Gasteiger partial charge in [0, 0.05) is 19.4 Å². The van der Waals surface area contributed by atoms with Crippen molar-refractivity contribution < 1.29 is 37.9 Å². The van der Waals surface area contributed by atoms with Crippen LogP contribution in [0.2, 0.25) is 0 Å². The van der Waals surface area contributed by atoms with Gasteiger partial charge in [0.2, 0.25) is 5.91 Å². The van der Waals surface area contributed by atoms with Crippen LogP contribution in [0.5, 0.6) is 0 Å². The molecule has 2 atom stereocenters. The molecule has 0 aliphatic carbocycles. The fraction of sp³-hybridized carbons (Fsp3) is 0.647. The van der Waals surface area contributed by atoms with Crippen molar-refractivity contribution in [2.45, 2.75) is 187 Å². The molecule has 0 saturated heterocycles. The summed E-state index contributed by atoms with van der Waals surface area (Å²) in [6.07, 6.45) is 60.6. The summed E-state index contributed by atoms with van der Waals surface area (Å²) in [4.78, 5) is 34.0. The van der Waals surface area contributed by atoms with Gasteiger partial charge in [-0.1, -0.05) is 175 Å². The highest BCUT2D eigenvalue weighted by Gasteiger charge is 2.23. The molecule has 0 bridgehead atoms. The highest BCUT2D eigenvalue weighted by molar-refractivity contribution is 7.47. The smallest absolute Gasteiger partial charge is 0.463 e. The Morgan fingerprint density at radius 3 is 1.44 bits per heavy atom. The molecular formula is C51H86NO8P. The van der Waals surface area contributed by atoms with Gasteiger partial charge in [-0.2, -0.15) is 0 Å². The zero-order valence-electron chi connectivity index (χ0n) is 38.3. The van der Waals surface area contributed by atoms with Crippen molar-refractivity contribution in [3.8, 4) is 0 Å². The first-order chi connectivity index (χ1) is 29.8. The average Bonchev–Trinajstić information content (AvgIpc) is 3.25. The van der Waals surface area contributed by atoms with Crippen molar-refractivity contribution in [3.05, 3.63) is 97.2 Å². The zero-order valence-corrected chi connectivity index (χ0v) is 39.2. The van der Waals surface area contributed by atoms with Gasteiger partial charge in [-0.3, -0.25) is 18.6 Å². The van der Waals surface area contributed by atoms with Crippen LogP contribution in [-0.4, -0.2) is 54.3 Å². The number of carbonyl (C=O) groups excluding carboxylic acids is 2. The first-order valence-corrected chi connectivity index (χ1v) is 25.2. The first-order valence-electron chi connectivity index (χ1n) is 23.7. The summed E-state index contributed by atoms with van der Waals surface area (Å²) in [7, 11) is -4.44. The monoisotopic (exact) mass is 872 g/mol. The van der Waals surface area contributed by atoms with Crippen LogP contribution in [0.3, 0.4) is 0 Å². The molecule has 0 aromatic rings. The van der Waals surface area contributed by atoms with Gasteiger partial charge >= 0.3 is 13.8 Å². The SMILES string of the molecule is CC/C=C\C/C=C\C/C=C\C/C=C\C/C=C\CCCC(=O)OCC(O)COP(=O)(O)OCCNC(=O)CCCCCCCCCCCC/C=C\C/C=C\C/C=C\CCCCC. The molecule has 10 heteroatoms. The van der Waals surface area contributed by atoms with Gasteiger partial charge in [0.1, 0.15) is 12.7 Å². The molecule has 9 nitrogen and oxygen atoms in total. The number of hydrogen-bond donors (Lipinski definition) is 3. The van der Waals surface area contributed by atoms with Crippen LogP contribution in [-0.2, 0) is 27.9 Å².